The van der Waals surface area contributed by atoms with Gasteiger partial charge in [0.1, 0.15) is 5.75 Å². The van der Waals surface area contributed by atoms with Crippen LogP contribution in [0.1, 0.15) is 57.4 Å². The third kappa shape index (κ3) is 5.10. The number of carbonyl (C=O) groups is 1. The molecular weight excluding hydrogens is 412 g/mol. The maximum absolute atomic E-state index is 12.5. The molecule has 0 radical (unpaired) electrons. The molecule has 1 amide bonds. The summed E-state index contributed by atoms with van der Waals surface area (Å²) in [6.07, 6.45) is 8.25. The van der Waals surface area contributed by atoms with Crippen LogP contribution in [0.5, 0.6) is 5.75 Å². The average molecular weight is 449 g/mol. The molecule has 3 aliphatic rings. The summed E-state index contributed by atoms with van der Waals surface area (Å²) >= 11 is 0. The number of carbonyl (C=O) groups excluding carboxylic acids is 1. The van der Waals surface area contributed by atoms with Crippen LogP contribution < -0.4 is 9.64 Å². The third-order valence-electron chi connectivity index (χ3n) is 7.66. The molecule has 0 aromatic heterocycles. The summed E-state index contributed by atoms with van der Waals surface area (Å²) in [5.41, 5.74) is 2.15. The first-order valence-electron chi connectivity index (χ1n) is 12.6. The minimum Gasteiger partial charge on any atom is -0.490 e. The van der Waals surface area contributed by atoms with Crippen LogP contribution in [0, 0.1) is 0 Å². The molecule has 0 N–H and O–H groups in total. The van der Waals surface area contributed by atoms with Gasteiger partial charge in [-0.1, -0.05) is 36.4 Å². The van der Waals surface area contributed by atoms with Crippen molar-refractivity contribution in [3.8, 4) is 5.75 Å². The topological polar surface area (TPSA) is 42.0 Å². The van der Waals surface area contributed by atoms with E-state index in [-0.39, 0.29) is 17.6 Å². The molecule has 5 nitrogen and oxygen atoms in total. The van der Waals surface area contributed by atoms with Gasteiger partial charge in [0, 0.05) is 37.8 Å². The van der Waals surface area contributed by atoms with Gasteiger partial charge in [0.25, 0.3) is 0 Å². The highest BCUT2D eigenvalue weighted by molar-refractivity contribution is 5.92. The number of ether oxygens (including phenoxy) is 2. The van der Waals surface area contributed by atoms with Crippen LogP contribution >= 0.6 is 0 Å². The zero-order chi connectivity index (χ0) is 22.7. The van der Waals surface area contributed by atoms with Gasteiger partial charge in [0.15, 0.2) is 0 Å². The Labute approximate surface area is 197 Å². The van der Waals surface area contributed by atoms with Crippen molar-refractivity contribution in [1.82, 2.24) is 4.90 Å². The molecule has 33 heavy (non-hydrogen) atoms. The molecule has 1 saturated carbocycles. The minimum atomic E-state index is -0.108. The Morgan fingerprint density at radius 1 is 1.06 bits per heavy atom. The van der Waals surface area contributed by atoms with Crippen molar-refractivity contribution in [3.05, 3.63) is 60.2 Å². The number of para-hydroxylation sites is 2. The first-order valence-corrected chi connectivity index (χ1v) is 12.6. The Kier molecular flexibility index (Phi) is 6.70. The first-order chi connectivity index (χ1) is 16.1. The minimum absolute atomic E-state index is 0.0863. The maximum atomic E-state index is 12.5. The number of piperidine rings is 1. The zero-order valence-electron chi connectivity index (χ0n) is 19.7. The van der Waals surface area contributed by atoms with Gasteiger partial charge in [-0.05, 0) is 63.1 Å². The highest BCUT2D eigenvalue weighted by atomic mass is 16.5. The molecule has 1 spiro atoms. The van der Waals surface area contributed by atoms with E-state index in [4.69, 9.17) is 9.47 Å². The number of rotatable bonds is 6. The van der Waals surface area contributed by atoms with Gasteiger partial charge < -0.3 is 14.4 Å². The first kappa shape index (κ1) is 22.4. The number of hydrogen-bond acceptors (Lipinski definition) is 4. The summed E-state index contributed by atoms with van der Waals surface area (Å²) in [4.78, 5) is 16.9. The van der Waals surface area contributed by atoms with Crippen LogP contribution in [-0.4, -0.2) is 48.3 Å². The molecule has 1 unspecified atom stereocenters. The van der Waals surface area contributed by atoms with E-state index >= 15 is 0 Å². The number of anilines is 1. The van der Waals surface area contributed by atoms with Crippen molar-refractivity contribution < 1.29 is 14.3 Å². The second-order valence-electron chi connectivity index (χ2n) is 9.98. The fourth-order valence-electron chi connectivity index (χ4n) is 5.87. The van der Waals surface area contributed by atoms with Gasteiger partial charge in [-0.25, -0.2) is 0 Å². The van der Waals surface area contributed by atoms with Gasteiger partial charge in [0.2, 0.25) is 5.91 Å². The van der Waals surface area contributed by atoms with E-state index in [9.17, 15) is 4.79 Å². The molecule has 2 heterocycles. The second-order valence-corrected chi connectivity index (χ2v) is 9.98. The lowest BCUT2D eigenvalue weighted by Crippen LogP contribution is -2.45. The number of benzene rings is 2. The van der Waals surface area contributed by atoms with Gasteiger partial charge in [-0.3, -0.25) is 9.69 Å². The predicted octanol–water partition coefficient (Wildman–Crippen LogP) is 5.18. The van der Waals surface area contributed by atoms with Gasteiger partial charge in [-0.2, -0.15) is 0 Å². The molecule has 2 aromatic carbocycles. The Bertz CT molecular complexity index is 933. The Hall–Kier alpha value is -2.37. The van der Waals surface area contributed by atoms with E-state index in [1.807, 2.05) is 35.2 Å². The molecule has 1 atom stereocenters. The maximum Gasteiger partial charge on any atom is 0.224 e. The van der Waals surface area contributed by atoms with Crippen molar-refractivity contribution in [3.63, 3.8) is 0 Å². The Balaban J connectivity index is 1.19. The highest BCUT2D eigenvalue weighted by Crippen LogP contribution is 2.39. The van der Waals surface area contributed by atoms with Gasteiger partial charge in [-0.15, -0.1) is 0 Å². The average Bonchev–Trinajstić information content (AvgIpc) is 3.48. The van der Waals surface area contributed by atoms with Crippen molar-refractivity contribution >= 4 is 11.6 Å². The van der Waals surface area contributed by atoms with Gasteiger partial charge in [0.05, 0.1) is 24.4 Å². The molecule has 5 heteroatoms. The molecule has 2 aliphatic heterocycles. The van der Waals surface area contributed by atoms with E-state index in [0.717, 1.165) is 50.3 Å². The smallest absolute Gasteiger partial charge is 0.224 e. The van der Waals surface area contributed by atoms with Crippen LogP contribution in [0.3, 0.4) is 0 Å². The summed E-state index contributed by atoms with van der Waals surface area (Å²) in [7, 11) is 0. The fourth-order valence-corrected chi connectivity index (χ4v) is 5.87. The Morgan fingerprint density at radius 2 is 1.76 bits per heavy atom. The van der Waals surface area contributed by atoms with Crippen LogP contribution in [-0.2, 0) is 16.1 Å². The molecule has 2 saturated heterocycles. The summed E-state index contributed by atoms with van der Waals surface area (Å²) < 4.78 is 12.8. The summed E-state index contributed by atoms with van der Waals surface area (Å²) in [5, 5.41) is 0. The third-order valence-corrected chi connectivity index (χ3v) is 7.66. The predicted molar refractivity (Wildman–Crippen MR) is 131 cm³/mol. The van der Waals surface area contributed by atoms with Crippen molar-refractivity contribution in [2.24, 2.45) is 0 Å². The monoisotopic (exact) mass is 448 g/mol. The zero-order valence-corrected chi connectivity index (χ0v) is 19.7. The molecule has 176 valence electrons. The van der Waals surface area contributed by atoms with Crippen LogP contribution in [0.4, 0.5) is 5.69 Å². The molecule has 2 aromatic rings. The lowest BCUT2D eigenvalue weighted by molar-refractivity contribution is -0.117. The molecule has 3 fully saturated rings. The summed E-state index contributed by atoms with van der Waals surface area (Å²) in [6, 6.07) is 18.6. The van der Waals surface area contributed by atoms with E-state index in [2.05, 4.69) is 29.2 Å². The van der Waals surface area contributed by atoms with Crippen LogP contribution in [0.2, 0.25) is 0 Å². The number of likely N-dealkylation sites (tertiary alicyclic amines) is 1. The lowest BCUT2D eigenvalue weighted by atomic mass is 9.86. The number of amides is 1. The van der Waals surface area contributed by atoms with Gasteiger partial charge >= 0.3 is 0 Å². The normalized spacial score (nSPS) is 23.1. The largest absolute Gasteiger partial charge is 0.490 e. The van der Waals surface area contributed by atoms with E-state index in [0.29, 0.717) is 12.7 Å². The summed E-state index contributed by atoms with van der Waals surface area (Å²) in [6.45, 7) is 5.22. The van der Waals surface area contributed by atoms with Crippen LogP contribution in [0.25, 0.3) is 0 Å². The molecule has 1 aliphatic carbocycles. The molecule has 5 rings (SSSR count). The SMILES string of the molecule is CC(=O)N(c1ccccc1)C1COC2(CCN(Cc3ccccc3OC3CCCC3)CC2)C1. The standard InChI is InChI=1S/C28H36N2O3/c1-22(31)30(24-10-3-2-4-11-24)25-19-28(32-21-25)15-17-29(18-16-28)20-23-9-5-8-14-27(23)33-26-12-6-7-13-26/h2-5,8-11,14,25-26H,6-7,12-13,15-21H2,1H3. The van der Waals surface area contributed by atoms with Crippen molar-refractivity contribution in [1.29, 1.82) is 0 Å². The van der Waals surface area contributed by atoms with Crippen LogP contribution in [0.15, 0.2) is 54.6 Å². The highest BCUT2D eigenvalue weighted by Gasteiger charge is 2.45. The van der Waals surface area contributed by atoms with Crippen molar-refractivity contribution in [2.75, 3.05) is 24.6 Å². The molecule has 0 bridgehead atoms. The Morgan fingerprint density at radius 3 is 2.48 bits per heavy atom. The van der Waals surface area contributed by atoms with Crippen molar-refractivity contribution in [2.45, 2.75) is 76.2 Å². The second kappa shape index (κ2) is 9.86. The quantitative estimate of drug-likeness (QED) is 0.610. The molecular formula is C28H36N2O3. The number of nitrogens with zero attached hydrogens (tertiary/aromatic N) is 2. The number of hydrogen-bond donors (Lipinski definition) is 0. The van der Waals surface area contributed by atoms with E-state index < -0.39 is 0 Å². The fraction of sp³-hybridized carbons (Fsp3) is 0.536. The summed E-state index contributed by atoms with van der Waals surface area (Å²) in [5.74, 6) is 1.14. The lowest BCUT2D eigenvalue weighted by Gasteiger charge is -2.39. The van der Waals surface area contributed by atoms with E-state index in [1.54, 1.807) is 6.92 Å². The van der Waals surface area contributed by atoms with E-state index in [1.165, 1.54) is 31.2 Å².